The van der Waals surface area contributed by atoms with Crippen LogP contribution in [0.3, 0.4) is 0 Å². The van der Waals surface area contributed by atoms with Gasteiger partial charge in [0.1, 0.15) is 0 Å². The van der Waals surface area contributed by atoms with Crippen LogP contribution in [-0.2, 0) is 0 Å². The van der Waals surface area contributed by atoms with Crippen LogP contribution in [0.5, 0.6) is 0 Å². The first kappa shape index (κ1) is 32.8. The minimum absolute atomic E-state index is 1.11. The molecule has 0 unspecified atom stereocenters. The van der Waals surface area contributed by atoms with E-state index < -0.39 is 0 Å². The Hall–Kier alpha value is -7.40. The summed E-state index contributed by atoms with van der Waals surface area (Å²) in [6.45, 7) is 0. The molecule has 0 N–H and O–H groups in total. The summed E-state index contributed by atoms with van der Waals surface area (Å²) in [5.74, 6) is 0. The lowest BCUT2D eigenvalue weighted by atomic mass is 9.97. The Balaban J connectivity index is 1.21. The van der Waals surface area contributed by atoms with E-state index in [9.17, 15) is 0 Å². The fourth-order valence-corrected chi connectivity index (χ4v) is 10.4. The molecule has 272 valence electrons. The molecule has 9 aromatic carbocycles. The van der Waals surface area contributed by atoms with Crippen LogP contribution in [0.2, 0.25) is 0 Å². The Morgan fingerprint density at radius 1 is 0.362 bits per heavy atom. The summed E-state index contributed by atoms with van der Waals surface area (Å²) in [5.41, 5.74) is 12.9. The van der Waals surface area contributed by atoms with Crippen molar-refractivity contribution in [2.24, 2.45) is 0 Å². The molecule has 3 heterocycles. The van der Waals surface area contributed by atoms with E-state index >= 15 is 0 Å². The van der Waals surface area contributed by atoms with Crippen molar-refractivity contribution >= 4 is 92.2 Å². The molecule has 0 atom stereocenters. The number of benzene rings is 9. The second-order valence-electron chi connectivity index (χ2n) is 14.9. The topological polar surface area (TPSA) is 13.1 Å². The average Bonchev–Trinajstić information content (AvgIpc) is 3.95. The first-order valence-electron chi connectivity index (χ1n) is 19.8. The third-order valence-electron chi connectivity index (χ3n) is 11.7. The quantitative estimate of drug-likeness (QED) is 0.165. The Morgan fingerprint density at radius 3 is 1.64 bits per heavy atom. The van der Waals surface area contributed by atoms with Crippen LogP contribution in [0.25, 0.3) is 86.3 Å². The third-order valence-corrected chi connectivity index (χ3v) is 12.9. The number of aromatic nitrogens is 2. The van der Waals surface area contributed by atoms with Crippen molar-refractivity contribution in [1.82, 2.24) is 9.13 Å². The van der Waals surface area contributed by atoms with Crippen LogP contribution in [0.15, 0.2) is 212 Å². The van der Waals surface area contributed by atoms with Gasteiger partial charge in [-0.15, -0.1) is 11.3 Å². The van der Waals surface area contributed by atoms with E-state index in [2.05, 4.69) is 226 Å². The Kier molecular flexibility index (Phi) is 7.40. The zero-order valence-electron chi connectivity index (χ0n) is 31.5. The highest BCUT2D eigenvalue weighted by atomic mass is 32.1. The van der Waals surface area contributed by atoms with Crippen LogP contribution in [0.1, 0.15) is 0 Å². The molecular weight excluding hydrogens is 723 g/mol. The largest absolute Gasteiger partial charge is 0.310 e. The zero-order valence-corrected chi connectivity index (χ0v) is 32.3. The molecule has 0 aliphatic carbocycles. The van der Waals surface area contributed by atoms with Gasteiger partial charge in [-0.25, -0.2) is 0 Å². The Labute approximate surface area is 339 Å². The first-order valence-corrected chi connectivity index (χ1v) is 20.6. The lowest BCUT2D eigenvalue weighted by Gasteiger charge is -2.25. The van der Waals surface area contributed by atoms with Gasteiger partial charge in [-0.1, -0.05) is 121 Å². The van der Waals surface area contributed by atoms with Crippen molar-refractivity contribution in [3.8, 4) is 22.5 Å². The molecule has 12 rings (SSSR count). The van der Waals surface area contributed by atoms with Crippen molar-refractivity contribution in [2.75, 3.05) is 4.90 Å². The van der Waals surface area contributed by atoms with E-state index in [0.29, 0.717) is 0 Å². The van der Waals surface area contributed by atoms with Crippen LogP contribution in [-0.4, -0.2) is 9.13 Å². The number of para-hydroxylation sites is 5. The summed E-state index contributed by atoms with van der Waals surface area (Å²) in [7, 11) is 0. The maximum absolute atomic E-state index is 2.49. The Bertz CT molecular complexity index is 3450. The molecule has 58 heavy (non-hydrogen) atoms. The highest BCUT2D eigenvalue weighted by Crippen LogP contribution is 2.49. The molecule has 3 aromatic heterocycles. The number of thiophene rings is 1. The van der Waals surface area contributed by atoms with E-state index in [1.165, 1.54) is 74.9 Å². The van der Waals surface area contributed by atoms with E-state index in [4.69, 9.17) is 0 Å². The van der Waals surface area contributed by atoms with Crippen molar-refractivity contribution in [2.45, 2.75) is 0 Å². The molecule has 0 saturated carbocycles. The van der Waals surface area contributed by atoms with Gasteiger partial charge >= 0.3 is 0 Å². The molecule has 0 amide bonds. The molecule has 4 heteroatoms. The number of fused-ring (bicyclic) bond motifs is 10. The lowest BCUT2D eigenvalue weighted by Crippen LogP contribution is -2.09. The van der Waals surface area contributed by atoms with Gasteiger partial charge in [-0.05, 0) is 96.6 Å². The highest BCUT2D eigenvalue weighted by molar-refractivity contribution is 7.26. The molecule has 12 aromatic rings. The monoisotopic (exact) mass is 757 g/mol. The van der Waals surface area contributed by atoms with Crippen molar-refractivity contribution < 1.29 is 0 Å². The maximum Gasteiger partial charge on any atom is 0.0634 e. The third kappa shape index (κ3) is 4.99. The van der Waals surface area contributed by atoms with Crippen LogP contribution in [0.4, 0.5) is 17.1 Å². The van der Waals surface area contributed by atoms with Gasteiger partial charge in [0.05, 0.1) is 22.1 Å². The first-order chi connectivity index (χ1) is 28.8. The molecule has 0 fully saturated rings. The summed E-state index contributed by atoms with van der Waals surface area (Å²) in [5, 5.41) is 7.53. The van der Waals surface area contributed by atoms with E-state index in [-0.39, 0.29) is 0 Å². The van der Waals surface area contributed by atoms with Gasteiger partial charge < -0.3 is 14.0 Å². The van der Waals surface area contributed by atoms with Gasteiger partial charge in [0.2, 0.25) is 0 Å². The minimum Gasteiger partial charge on any atom is -0.310 e. The zero-order chi connectivity index (χ0) is 38.2. The van der Waals surface area contributed by atoms with Crippen molar-refractivity contribution in [3.63, 3.8) is 0 Å². The van der Waals surface area contributed by atoms with Crippen molar-refractivity contribution in [1.29, 1.82) is 0 Å². The number of hydrogen-bond donors (Lipinski definition) is 0. The smallest absolute Gasteiger partial charge is 0.0634 e. The number of anilines is 3. The summed E-state index contributed by atoms with van der Waals surface area (Å²) in [6, 6.07) is 77.3. The average molecular weight is 758 g/mol. The summed E-state index contributed by atoms with van der Waals surface area (Å²) < 4.78 is 7.50. The minimum atomic E-state index is 1.11. The normalized spacial score (nSPS) is 11.8. The van der Waals surface area contributed by atoms with Crippen molar-refractivity contribution in [3.05, 3.63) is 212 Å². The van der Waals surface area contributed by atoms with E-state index in [0.717, 1.165) is 28.4 Å². The highest BCUT2D eigenvalue weighted by Gasteiger charge is 2.24. The Morgan fingerprint density at radius 2 is 0.931 bits per heavy atom. The molecule has 0 saturated heterocycles. The molecule has 3 nitrogen and oxygen atoms in total. The molecule has 0 aliphatic rings. The molecule has 0 bridgehead atoms. The van der Waals surface area contributed by atoms with Gasteiger partial charge in [0.25, 0.3) is 0 Å². The van der Waals surface area contributed by atoms with Gasteiger partial charge in [-0.3, -0.25) is 0 Å². The second-order valence-corrected chi connectivity index (χ2v) is 16.0. The molecular formula is C54H35N3S. The van der Waals surface area contributed by atoms with Gasteiger partial charge in [0.15, 0.2) is 0 Å². The summed E-state index contributed by atoms with van der Waals surface area (Å²) in [4.78, 5) is 2.36. The number of nitrogens with zero attached hydrogens (tertiary/aromatic N) is 3. The SMILES string of the molecule is c1ccc(N(c2ccccc2)c2ccc3c(c2)c2cc(-c4ccc5c6ccccc6n(-c6ccccc6)c5c4)c4sc5ccccc5c4c2n3-c2ccccc2)cc1. The van der Waals surface area contributed by atoms with Crippen LogP contribution >= 0.6 is 11.3 Å². The van der Waals surface area contributed by atoms with E-state index in [1.807, 2.05) is 11.3 Å². The molecule has 0 radical (unpaired) electrons. The van der Waals surface area contributed by atoms with Crippen LogP contribution in [0, 0.1) is 0 Å². The fraction of sp³-hybridized carbons (Fsp3) is 0. The van der Waals surface area contributed by atoms with Gasteiger partial charge in [-0.2, -0.15) is 0 Å². The number of rotatable bonds is 6. The fourth-order valence-electron chi connectivity index (χ4n) is 9.17. The molecule has 0 spiro atoms. The maximum atomic E-state index is 2.49. The second kappa shape index (κ2) is 13.1. The predicted octanol–water partition coefficient (Wildman–Crippen LogP) is 15.4. The lowest BCUT2D eigenvalue weighted by molar-refractivity contribution is 1.18. The predicted molar refractivity (Wildman–Crippen MR) is 248 cm³/mol. The standard InChI is InChI=1S/C54H35N3S/c1-5-17-37(18-6-1)55(38-19-7-2-8-20-38)41-30-32-49-46(34-41)47-35-45(54-52(44-26-14-16-28-51(44)58-54)53(47)57(49)40-23-11-4-12-24-40)36-29-31-43-42-25-13-15-27-48(42)56(50(43)33-36)39-21-9-3-10-22-39/h1-35H. The van der Waals surface area contributed by atoms with Crippen LogP contribution < -0.4 is 4.90 Å². The van der Waals surface area contributed by atoms with Gasteiger partial charge in [0, 0.05) is 75.7 Å². The van der Waals surface area contributed by atoms with E-state index in [1.54, 1.807) is 0 Å². The molecule has 0 aliphatic heterocycles. The number of hydrogen-bond acceptors (Lipinski definition) is 2. The summed E-state index contributed by atoms with van der Waals surface area (Å²) in [6.07, 6.45) is 0. The summed E-state index contributed by atoms with van der Waals surface area (Å²) >= 11 is 1.90.